The van der Waals surface area contributed by atoms with E-state index in [1.165, 1.54) is 24.0 Å². The maximum Gasteiger partial charge on any atom is 0.0572 e. The first-order chi connectivity index (χ1) is 6.40. The minimum Gasteiger partial charge on any atom is -0.305 e. The van der Waals surface area contributed by atoms with Crippen molar-refractivity contribution < 1.29 is 4.84 Å². The molecule has 1 aromatic rings. The van der Waals surface area contributed by atoms with Crippen molar-refractivity contribution in [2.24, 2.45) is 0 Å². The van der Waals surface area contributed by atoms with Gasteiger partial charge in [-0.1, -0.05) is 24.3 Å². The lowest BCUT2D eigenvalue weighted by atomic mass is 10.1. The summed E-state index contributed by atoms with van der Waals surface area (Å²) < 4.78 is 0. The van der Waals surface area contributed by atoms with Crippen LogP contribution in [0.4, 0.5) is 0 Å². The third-order valence-corrected chi connectivity index (χ3v) is 2.45. The molecule has 0 heterocycles. The molecule has 0 bridgehead atoms. The summed E-state index contributed by atoms with van der Waals surface area (Å²) in [5.74, 6) is 0.851. The monoisotopic (exact) mass is 177 g/mol. The first-order valence-electron chi connectivity index (χ1n) is 4.75. The van der Waals surface area contributed by atoms with Gasteiger partial charge in [0.2, 0.25) is 0 Å². The Balaban J connectivity index is 1.96. The van der Waals surface area contributed by atoms with E-state index in [9.17, 15) is 0 Å². The van der Waals surface area contributed by atoms with Crippen molar-refractivity contribution in [3.05, 3.63) is 35.4 Å². The molecule has 1 aliphatic rings. The van der Waals surface area contributed by atoms with Gasteiger partial charge in [0.25, 0.3) is 0 Å². The van der Waals surface area contributed by atoms with Gasteiger partial charge in [0.15, 0.2) is 0 Å². The van der Waals surface area contributed by atoms with Gasteiger partial charge in [0.1, 0.15) is 0 Å². The molecule has 0 radical (unpaired) electrons. The smallest absolute Gasteiger partial charge is 0.0572 e. The SMILES string of the molecule is CONCc1ccc(C2CC2)cc1. The number of rotatable bonds is 4. The Kier molecular flexibility index (Phi) is 2.62. The molecule has 0 aliphatic heterocycles. The maximum absolute atomic E-state index is 4.79. The van der Waals surface area contributed by atoms with Crippen molar-refractivity contribution >= 4 is 0 Å². The van der Waals surface area contributed by atoms with Gasteiger partial charge >= 0.3 is 0 Å². The van der Waals surface area contributed by atoms with Gasteiger partial charge in [0, 0.05) is 6.54 Å². The van der Waals surface area contributed by atoms with Crippen LogP contribution in [0.5, 0.6) is 0 Å². The summed E-state index contributed by atoms with van der Waals surface area (Å²) >= 11 is 0. The number of nitrogens with one attached hydrogen (secondary N) is 1. The highest BCUT2D eigenvalue weighted by atomic mass is 16.6. The van der Waals surface area contributed by atoms with E-state index in [1.807, 2.05) is 0 Å². The van der Waals surface area contributed by atoms with E-state index in [-0.39, 0.29) is 0 Å². The minimum atomic E-state index is 0.779. The Labute approximate surface area is 78.9 Å². The van der Waals surface area contributed by atoms with Gasteiger partial charge in [-0.3, -0.25) is 0 Å². The van der Waals surface area contributed by atoms with Crippen LogP contribution < -0.4 is 5.48 Å². The fourth-order valence-electron chi connectivity index (χ4n) is 1.48. The van der Waals surface area contributed by atoms with E-state index in [2.05, 4.69) is 29.7 Å². The molecule has 0 spiro atoms. The first kappa shape index (κ1) is 8.73. The number of hydrogen-bond acceptors (Lipinski definition) is 2. The number of hydroxylamine groups is 1. The van der Waals surface area contributed by atoms with Gasteiger partial charge in [-0.25, -0.2) is 0 Å². The molecule has 0 amide bonds. The summed E-state index contributed by atoms with van der Waals surface area (Å²) in [5, 5.41) is 0. The second-order valence-corrected chi connectivity index (χ2v) is 3.54. The van der Waals surface area contributed by atoms with Crippen molar-refractivity contribution in [3.8, 4) is 0 Å². The van der Waals surface area contributed by atoms with Gasteiger partial charge < -0.3 is 4.84 Å². The molecule has 0 unspecified atom stereocenters. The Hall–Kier alpha value is -0.860. The third-order valence-electron chi connectivity index (χ3n) is 2.45. The van der Waals surface area contributed by atoms with Gasteiger partial charge in [-0.05, 0) is 29.9 Å². The second kappa shape index (κ2) is 3.90. The summed E-state index contributed by atoms with van der Waals surface area (Å²) in [4.78, 5) is 4.79. The van der Waals surface area contributed by atoms with Crippen LogP contribution >= 0.6 is 0 Å². The molecule has 1 N–H and O–H groups in total. The summed E-state index contributed by atoms with van der Waals surface area (Å²) in [6.07, 6.45) is 2.74. The van der Waals surface area contributed by atoms with Crippen LogP contribution in [0.1, 0.15) is 29.9 Å². The highest BCUT2D eigenvalue weighted by Crippen LogP contribution is 2.39. The highest BCUT2D eigenvalue weighted by Gasteiger charge is 2.22. The van der Waals surface area contributed by atoms with Crippen LogP contribution in [0.2, 0.25) is 0 Å². The molecule has 2 heteroatoms. The molecule has 1 aliphatic carbocycles. The predicted molar refractivity (Wildman–Crippen MR) is 52.3 cm³/mol. The van der Waals surface area contributed by atoms with E-state index < -0.39 is 0 Å². The van der Waals surface area contributed by atoms with Gasteiger partial charge in [0.05, 0.1) is 7.11 Å². The van der Waals surface area contributed by atoms with E-state index in [4.69, 9.17) is 4.84 Å². The van der Waals surface area contributed by atoms with Gasteiger partial charge in [-0.2, -0.15) is 5.48 Å². The topological polar surface area (TPSA) is 21.3 Å². The average molecular weight is 177 g/mol. The molecule has 1 fully saturated rings. The lowest BCUT2D eigenvalue weighted by Crippen LogP contribution is -2.10. The van der Waals surface area contributed by atoms with E-state index >= 15 is 0 Å². The highest BCUT2D eigenvalue weighted by molar-refractivity contribution is 5.27. The number of hydrogen-bond donors (Lipinski definition) is 1. The molecule has 0 saturated heterocycles. The lowest BCUT2D eigenvalue weighted by Gasteiger charge is -2.03. The van der Waals surface area contributed by atoms with Crippen molar-refractivity contribution in [3.63, 3.8) is 0 Å². The largest absolute Gasteiger partial charge is 0.305 e. The molecule has 13 heavy (non-hydrogen) atoms. The lowest BCUT2D eigenvalue weighted by molar-refractivity contribution is 0.0867. The van der Waals surface area contributed by atoms with Crippen molar-refractivity contribution in [2.45, 2.75) is 25.3 Å². The van der Waals surface area contributed by atoms with Crippen LogP contribution in [0.15, 0.2) is 24.3 Å². The summed E-state index contributed by atoms with van der Waals surface area (Å²) in [6, 6.07) is 8.79. The summed E-state index contributed by atoms with van der Waals surface area (Å²) in [7, 11) is 1.64. The minimum absolute atomic E-state index is 0.779. The first-order valence-corrected chi connectivity index (χ1v) is 4.75. The van der Waals surface area contributed by atoms with E-state index in [1.54, 1.807) is 7.11 Å². The predicted octanol–water partition coefficient (Wildman–Crippen LogP) is 2.21. The third kappa shape index (κ3) is 2.29. The summed E-state index contributed by atoms with van der Waals surface area (Å²) in [6.45, 7) is 0.779. The molecule has 70 valence electrons. The fourth-order valence-corrected chi connectivity index (χ4v) is 1.48. The number of benzene rings is 1. The maximum atomic E-state index is 4.79. The van der Waals surface area contributed by atoms with Crippen LogP contribution in [0.3, 0.4) is 0 Å². The Bertz CT molecular complexity index is 264. The zero-order chi connectivity index (χ0) is 9.10. The molecule has 2 rings (SSSR count). The van der Waals surface area contributed by atoms with E-state index in [0.29, 0.717) is 0 Å². The van der Waals surface area contributed by atoms with Gasteiger partial charge in [-0.15, -0.1) is 0 Å². The van der Waals surface area contributed by atoms with Crippen molar-refractivity contribution in [2.75, 3.05) is 7.11 Å². The zero-order valence-electron chi connectivity index (χ0n) is 7.92. The quantitative estimate of drug-likeness (QED) is 0.712. The second-order valence-electron chi connectivity index (χ2n) is 3.54. The Morgan fingerprint density at radius 2 is 2.00 bits per heavy atom. The van der Waals surface area contributed by atoms with Crippen LogP contribution in [-0.2, 0) is 11.4 Å². The molecule has 1 saturated carbocycles. The van der Waals surface area contributed by atoms with E-state index in [0.717, 1.165) is 12.5 Å². The molecule has 0 aromatic heterocycles. The molecule has 2 nitrogen and oxygen atoms in total. The summed E-state index contributed by atoms with van der Waals surface area (Å²) in [5.41, 5.74) is 5.59. The molecular weight excluding hydrogens is 162 g/mol. The van der Waals surface area contributed by atoms with Crippen LogP contribution in [0, 0.1) is 0 Å². The van der Waals surface area contributed by atoms with Crippen LogP contribution in [-0.4, -0.2) is 7.11 Å². The zero-order valence-corrected chi connectivity index (χ0v) is 7.92. The molecule has 1 aromatic carbocycles. The Morgan fingerprint density at radius 3 is 2.54 bits per heavy atom. The Morgan fingerprint density at radius 1 is 1.31 bits per heavy atom. The van der Waals surface area contributed by atoms with Crippen LogP contribution in [0.25, 0.3) is 0 Å². The standard InChI is InChI=1S/C11H15NO/c1-13-12-8-9-2-4-10(5-3-9)11-6-7-11/h2-5,11-12H,6-8H2,1H3. The molecule has 0 atom stereocenters. The van der Waals surface area contributed by atoms with Crippen molar-refractivity contribution in [1.29, 1.82) is 0 Å². The normalized spacial score (nSPS) is 16.1. The fraction of sp³-hybridized carbons (Fsp3) is 0.455. The van der Waals surface area contributed by atoms with Crippen molar-refractivity contribution in [1.82, 2.24) is 5.48 Å². The molecular formula is C11H15NO. The average Bonchev–Trinajstić information content (AvgIpc) is 2.99.